The summed E-state index contributed by atoms with van der Waals surface area (Å²) < 4.78 is 5.65. The summed E-state index contributed by atoms with van der Waals surface area (Å²) in [5.41, 5.74) is -0.662. The molecule has 1 aliphatic rings. The zero-order valence-electron chi connectivity index (χ0n) is 9.59. The Hall–Kier alpha value is 0.137. The molecule has 0 radical (unpaired) electrons. The van der Waals surface area contributed by atoms with Gasteiger partial charge in [0.15, 0.2) is 0 Å². The van der Waals surface area contributed by atoms with Crippen molar-refractivity contribution in [3.05, 3.63) is 0 Å². The first kappa shape index (κ1) is 12.2. The number of hydrogen-bond donors (Lipinski definition) is 1. The number of hydrogen-bond acceptors (Lipinski definition) is 2. The van der Waals surface area contributed by atoms with E-state index in [-0.39, 0.29) is 0 Å². The van der Waals surface area contributed by atoms with Crippen LogP contribution in [0.1, 0.15) is 46.0 Å². The fourth-order valence-corrected chi connectivity index (χ4v) is 5.97. The lowest BCUT2D eigenvalue weighted by molar-refractivity contribution is -0.168. The monoisotopic (exact) mass is 216 g/mol. The van der Waals surface area contributed by atoms with E-state index in [0.29, 0.717) is 0 Å². The third-order valence-electron chi connectivity index (χ3n) is 3.19. The normalized spacial score (nSPS) is 28.3. The van der Waals surface area contributed by atoms with E-state index in [0.717, 1.165) is 25.9 Å². The van der Waals surface area contributed by atoms with Crippen LogP contribution in [-0.4, -0.2) is 25.9 Å². The van der Waals surface area contributed by atoms with Crippen LogP contribution in [0.25, 0.3) is 0 Å². The van der Waals surface area contributed by atoms with Gasteiger partial charge in [0.1, 0.15) is 14.2 Å². The summed E-state index contributed by atoms with van der Waals surface area (Å²) in [5.74, 6) is 0. The molecule has 84 valence electrons. The van der Waals surface area contributed by atoms with Gasteiger partial charge >= 0.3 is 0 Å². The topological polar surface area (TPSA) is 29.5 Å². The molecule has 1 rings (SSSR count). The molecule has 0 aromatic heterocycles. The molecule has 0 saturated carbocycles. The molecule has 0 aromatic carbocycles. The number of rotatable bonds is 5. The second-order valence-electron chi connectivity index (χ2n) is 4.42. The van der Waals surface area contributed by atoms with Gasteiger partial charge in [-0.3, -0.25) is 0 Å². The molecule has 3 heteroatoms. The third kappa shape index (κ3) is 3.07. The zero-order chi connectivity index (χ0) is 10.4. The van der Waals surface area contributed by atoms with Crippen molar-refractivity contribution in [3.63, 3.8) is 0 Å². The lowest BCUT2D eigenvalue weighted by atomic mass is 10.2. The molecule has 0 aliphatic carbocycles. The molecule has 0 bridgehead atoms. The van der Waals surface area contributed by atoms with E-state index in [2.05, 4.69) is 13.8 Å². The minimum absolute atomic E-state index is 0.662. The standard InChI is InChI=1S/C11H24O2Si/c1-3-9-14(10-4-2)11(12)7-5-6-8-13-11/h12,14H,3-10H2,1-2H3. The SMILES string of the molecule is CCC[SiH](CCC)C1(O)CCCCO1. The van der Waals surface area contributed by atoms with Crippen molar-refractivity contribution in [3.8, 4) is 0 Å². The Bertz CT molecular complexity index is 149. The van der Waals surface area contributed by atoms with E-state index in [4.69, 9.17) is 4.74 Å². The van der Waals surface area contributed by atoms with Gasteiger partial charge in [0, 0.05) is 6.61 Å². The molecular weight excluding hydrogens is 192 g/mol. The predicted octanol–water partition coefficient (Wildman–Crippen LogP) is 2.46. The number of aliphatic hydroxyl groups is 1. The smallest absolute Gasteiger partial charge is 0.145 e. The van der Waals surface area contributed by atoms with E-state index >= 15 is 0 Å². The maximum atomic E-state index is 10.4. The first-order valence-electron chi connectivity index (χ1n) is 6.09. The van der Waals surface area contributed by atoms with Crippen LogP contribution >= 0.6 is 0 Å². The summed E-state index contributed by atoms with van der Waals surface area (Å²) >= 11 is 0. The van der Waals surface area contributed by atoms with Gasteiger partial charge in [-0.25, -0.2) is 0 Å². The molecule has 0 spiro atoms. The van der Waals surface area contributed by atoms with E-state index in [1.165, 1.54) is 24.9 Å². The lowest BCUT2D eigenvalue weighted by Gasteiger charge is -2.38. The second kappa shape index (κ2) is 5.88. The van der Waals surface area contributed by atoms with Gasteiger partial charge in [0.25, 0.3) is 0 Å². The molecule has 1 fully saturated rings. The number of ether oxygens (including phenoxy) is 1. The zero-order valence-corrected chi connectivity index (χ0v) is 10.7. The highest BCUT2D eigenvalue weighted by molar-refractivity contribution is 6.61. The molecule has 1 N–H and O–H groups in total. The molecule has 1 unspecified atom stereocenters. The Balaban J connectivity index is 2.53. The highest BCUT2D eigenvalue weighted by Gasteiger charge is 2.38. The largest absolute Gasteiger partial charge is 0.369 e. The molecule has 1 atom stereocenters. The van der Waals surface area contributed by atoms with Gasteiger partial charge in [-0.15, -0.1) is 0 Å². The molecular formula is C11H24O2Si. The van der Waals surface area contributed by atoms with Crippen molar-refractivity contribution < 1.29 is 9.84 Å². The molecule has 0 amide bonds. The first-order chi connectivity index (χ1) is 6.73. The Kier molecular flexibility index (Phi) is 5.13. The molecule has 14 heavy (non-hydrogen) atoms. The van der Waals surface area contributed by atoms with E-state index < -0.39 is 14.2 Å². The molecule has 1 aliphatic heterocycles. The highest BCUT2D eigenvalue weighted by Crippen LogP contribution is 2.29. The molecule has 2 nitrogen and oxygen atoms in total. The summed E-state index contributed by atoms with van der Waals surface area (Å²) in [6, 6.07) is 2.45. The van der Waals surface area contributed by atoms with Crippen molar-refractivity contribution >= 4 is 8.80 Å². The quantitative estimate of drug-likeness (QED) is 0.715. The Morgan fingerprint density at radius 1 is 1.21 bits per heavy atom. The minimum Gasteiger partial charge on any atom is -0.369 e. The van der Waals surface area contributed by atoms with Gasteiger partial charge in [0.05, 0.1) is 0 Å². The first-order valence-corrected chi connectivity index (χ1v) is 8.30. The maximum absolute atomic E-state index is 10.4. The average Bonchev–Trinajstić information content (AvgIpc) is 2.19. The summed E-state index contributed by atoms with van der Waals surface area (Å²) in [4.78, 5) is 0. The summed E-state index contributed by atoms with van der Waals surface area (Å²) in [7, 11) is -1.10. The fraction of sp³-hybridized carbons (Fsp3) is 1.00. The third-order valence-corrected chi connectivity index (χ3v) is 7.47. The lowest BCUT2D eigenvalue weighted by Crippen LogP contribution is -2.50. The Morgan fingerprint density at radius 3 is 2.29 bits per heavy atom. The van der Waals surface area contributed by atoms with Crippen molar-refractivity contribution in [2.24, 2.45) is 0 Å². The Morgan fingerprint density at radius 2 is 1.86 bits per heavy atom. The average molecular weight is 216 g/mol. The van der Waals surface area contributed by atoms with Gasteiger partial charge < -0.3 is 9.84 Å². The van der Waals surface area contributed by atoms with E-state index in [1.54, 1.807) is 0 Å². The van der Waals surface area contributed by atoms with Crippen LogP contribution in [0.15, 0.2) is 0 Å². The summed E-state index contributed by atoms with van der Waals surface area (Å²) in [6.45, 7) is 5.19. The molecule has 0 aromatic rings. The van der Waals surface area contributed by atoms with Crippen molar-refractivity contribution in [2.45, 2.75) is 63.5 Å². The van der Waals surface area contributed by atoms with Gasteiger partial charge in [0.2, 0.25) is 0 Å². The van der Waals surface area contributed by atoms with Crippen molar-refractivity contribution in [2.75, 3.05) is 6.61 Å². The van der Waals surface area contributed by atoms with Crippen LogP contribution in [0.2, 0.25) is 12.1 Å². The highest BCUT2D eigenvalue weighted by atomic mass is 28.3. The van der Waals surface area contributed by atoms with Crippen LogP contribution in [0, 0.1) is 0 Å². The van der Waals surface area contributed by atoms with Gasteiger partial charge in [-0.1, -0.05) is 38.8 Å². The molecule has 1 saturated heterocycles. The van der Waals surface area contributed by atoms with Crippen LogP contribution in [-0.2, 0) is 4.74 Å². The Labute approximate surface area is 89.3 Å². The van der Waals surface area contributed by atoms with Crippen molar-refractivity contribution in [1.29, 1.82) is 0 Å². The minimum atomic E-state index is -1.10. The van der Waals surface area contributed by atoms with E-state index in [9.17, 15) is 5.11 Å². The summed E-state index contributed by atoms with van der Waals surface area (Å²) in [5, 5.41) is 10.4. The molecule has 1 heterocycles. The predicted molar refractivity (Wildman–Crippen MR) is 62.1 cm³/mol. The summed E-state index contributed by atoms with van der Waals surface area (Å²) in [6.07, 6.45) is 5.56. The second-order valence-corrected chi connectivity index (χ2v) is 7.88. The van der Waals surface area contributed by atoms with Gasteiger partial charge in [-0.2, -0.15) is 0 Å². The van der Waals surface area contributed by atoms with Crippen LogP contribution in [0.4, 0.5) is 0 Å². The van der Waals surface area contributed by atoms with Crippen LogP contribution in [0.5, 0.6) is 0 Å². The fourth-order valence-electron chi connectivity index (χ4n) is 2.42. The van der Waals surface area contributed by atoms with E-state index in [1.807, 2.05) is 0 Å². The maximum Gasteiger partial charge on any atom is 0.145 e. The van der Waals surface area contributed by atoms with Crippen molar-refractivity contribution in [1.82, 2.24) is 0 Å². The van der Waals surface area contributed by atoms with Crippen LogP contribution < -0.4 is 0 Å². The van der Waals surface area contributed by atoms with Crippen LogP contribution in [0.3, 0.4) is 0 Å². The van der Waals surface area contributed by atoms with Gasteiger partial charge in [-0.05, 0) is 19.3 Å².